The molecule has 14 nitrogen and oxygen atoms in total. The first kappa shape index (κ1) is 39.7. The number of nitrogens with one attached hydrogen (secondary N) is 1. The Morgan fingerprint density at radius 1 is 0.788 bits per heavy atom. The highest BCUT2D eigenvalue weighted by Gasteiger charge is 2.22. The number of hydrogen-bond acceptors (Lipinski definition) is 10. The molecule has 0 amide bonds. The average molecular weight is 730 g/mol. The van der Waals surface area contributed by atoms with Crippen LogP contribution in [0.15, 0.2) is 64.4 Å². The smallest absolute Gasteiger partial charge is 0.256 e. The Balaban J connectivity index is 0.000000201. The molecule has 5 aromatic rings. The number of H-pyrrole nitrogens is 1. The molecule has 0 fully saturated rings. The minimum atomic E-state index is -3.46. The van der Waals surface area contributed by atoms with Gasteiger partial charge in [0.15, 0.2) is 0 Å². The molecule has 15 heteroatoms. The molecule has 278 valence electrons. The first-order valence-electron chi connectivity index (χ1n) is 17.4. The minimum absolute atomic E-state index is 0.0524. The van der Waals surface area contributed by atoms with Gasteiger partial charge >= 0.3 is 0 Å². The summed E-state index contributed by atoms with van der Waals surface area (Å²) >= 11 is 0. The zero-order chi connectivity index (χ0) is 38.5. The van der Waals surface area contributed by atoms with Crippen LogP contribution >= 0.6 is 0 Å². The van der Waals surface area contributed by atoms with E-state index >= 15 is 0 Å². The molecule has 6 rings (SSSR count). The van der Waals surface area contributed by atoms with Crippen molar-refractivity contribution in [2.45, 2.75) is 112 Å². The maximum absolute atomic E-state index is 12.7. The molecule has 52 heavy (non-hydrogen) atoms. The fourth-order valence-electron chi connectivity index (χ4n) is 5.52. The van der Waals surface area contributed by atoms with Crippen molar-refractivity contribution in [3.05, 3.63) is 82.5 Å². The van der Waals surface area contributed by atoms with Gasteiger partial charge in [-0.3, -0.25) is 28.7 Å². The third-order valence-corrected chi connectivity index (χ3v) is 9.07. The molecule has 0 atom stereocenters. The van der Waals surface area contributed by atoms with Crippen LogP contribution in [0.25, 0.3) is 28.5 Å². The molecule has 1 aliphatic heterocycles. The van der Waals surface area contributed by atoms with Gasteiger partial charge in [0.1, 0.15) is 5.82 Å². The van der Waals surface area contributed by atoms with Crippen LogP contribution in [0.3, 0.4) is 0 Å². The number of aromatic amines is 1. The number of hydrogen-bond donors (Lipinski definition) is 1. The summed E-state index contributed by atoms with van der Waals surface area (Å²) < 4.78 is 29.1. The third-order valence-electron chi connectivity index (χ3n) is 8.22. The van der Waals surface area contributed by atoms with Crippen molar-refractivity contribution >= 4 is 15.5 Å². The zero-order valence-corrected chi connectivity index (χ0v) is 33.1. The highest BCUT2D eigenvalue weighted by molar-refractivity contribution is 7.90. The zero-order valence-electron chi connectivity index (χ0n) is 32.2. The number of aryl methyl sites for hydroxylation is 2. The molecule has 0 aliphatic carbocycles. The van der Waals surface area contributed by atoms with E-state index < -0.39 is 9.84 Å². The second-order valence-electron chi connectivity index (χ2n) is 14.0. The number of rotatable bonds is 8. The maximum Gasteiger partial charge on any atom is 0.256 e. The van der Waals surface area contributed by atoms with Gasteiger partial charge in [-0.05, 0) is 60.3 Å². The predicted molar refractivity (Wildman–Crippen MR) is 205 cm³/mol. The van der Waals surface area contributed by atoms with Crippen LogP contribution in [0.4, 0.5) is 0 Å². The Bertz CT molecular complexity index is 2230. The number of sulfone groups is 1. The van der Waals surface area contributed by atoms with E-state index in [9.17, 15) is 13.2 Å². The average Bonchev–Trinajstić information content (AvgIpc) is 3.88. The molecule has 0 spiro atoms. The quantitative estimate of drug-likeness (QED) is 0.166. The van der Waals surface area contributed by atoms with E-state index in [-0.39, 0.29) is 34.6 Å². The number of allylic oxidation sites excluding steroid dienone is 1. The summed E-state index contributed by atoms with van der Waals surface area (Å²) in [5.74, 6) is 1.47. The summed E-state index contributed by atoms with van der Waals surface area (Å²) in [5.41, 5.74) is 6.38. The van der Waals surface area contributed by atoms with Gasteiger partial charge in [-0.25, -0.2) is 28.4 Å². The predicted octanol–water partition coefficient (Wildman–Crippen LogP) is 6.95. The van der Waals surface area contributed by atoms with Crippen molar-refractivity contribution in [3.8, 4) is 28.5 Å². The van der Waals surface area contributed by atoms with Gasteiger partial charge < -0.3 is 0 Å². The van der Waals surface area contributed by atoms with Crippen LogP contribution in [0, 0.1) is 13.8 Å². The van der Waals surface area contributed by atoms with Crippen LogP contribution < -0.4 is 5.56 Å². The first-order valence-corrected chi connectivity index (χ1v) is 19.3. The van der Waals surface area contributed by atoms with E-state index in [0.717, 1.165) is 35.2 Å². The topological polar surface area (TPSA) is 171 Å². The molecular formula is C37H51N11O3S. The van der Waals surface area contributed by atoms with E-state index in [1.165, 1.54) is 5.71 Å². The fraction of sp³-hybridized carbons (Fsp3) is 0.459. The summed E-state index contributed by atoms with van der Waals surface area (Å²) in [4.78, 5) is 36.9. The van der Waals surface area contributed by atoms with Gasteiger partial charge in [-0.15, -0.1) is 0 Å². The molecule has 6 heterocycles. The standard InChI is InChI=1S/C17H22N6O.C15H22N4O2S.C5H7N/c1-10(2)14-15(13-8-19-23(9-13)11(3)4)20-17(21-16(14)24)22-7-6-18-12(22)5;1-9(2)13-11(5)17-15(22(6,20)21)18-14(13)12-7-16-19(8-12)10(3)4;1-5-3-2-4-6-5/h6-11H,1-5H3,(H,20,21,24);7-10H,1-6H3;2,4H,3H2,1H3. The van der Waals surface area contributed by atoms with Gasteiger partial charge in [0.05, 0.1) is 23.8 Å². The Kier molecular flexibility index (Phi) is 12.6. The summed E-state index contributed by atoms with van der Waals surface area (Å²) in [7, 11) is -3.46. The molecule has 1 aliphatic rings. The van der Waals surface area contributed by atoms with Crippen LogP contribution in [-0.4, -0.2) is 69.4 Å². The second-order valence-corrected chi connectivity index (χ2v) is 15.9. The lowest BCUT2D eigenvalue weighted by Gasteiger charge is -2.14. The number of aliphatic imine (C=N–C) groups is 1. The van der Waals surface area contributed by atoms with Gasteiger partial charge in [0, 0.05) is 89.4 Å². The van der Waals surface area contributed by atoms with Crippen LogP contribution in [0.1, 0.15) is 115 Å². The molecular weight excluding hydrogens is 679 g/mol. The Hall–Kier alpha value is -5.05. The first-order chi connectivity index (χ1) is 24.4. The van der Waals surface area contributed by atoms with Crippen molar-refractivity contribution in [1.82, 2.24) is 49.0 Å². The molecule has 0 saturated heterocycles. The normalized spacial score (nSPS) is 12.7. The highest BCUT2D eigenvalue weighted by Crippen LogP contribution is 2.31. The SMILES string of the molecule is CC1=NC=CC1.Cc1nc(S(C)(=O)=O)nc(-c2cnn(C(C)C)c2)c1C(C)C.Cc1nccn1-c1nc(-c2cnn(C(C)C)c2)c(C(C)C)c(=O)[nH]1. The molecule has 0 bridgehead atoms. The molecule has 1 N–H and O–H groups in total. The van der Waals surface area contributed by atoms with E-state index in [2.05, 4.69) is 55.0 Å². The van der Waals surface area contributed by atoms with E-state index in [1.807, 2.05) is 90.3 Å². The van der Waals surface area contributed by atoms with E-state index in [0.29, 0.717) is 28.6 Å². The second kappa shape index (κ2) is 16.5. The van der Waals surface area contributed by atoms with Crippen LogP contribution in [0.2, 0.25) is 0 Å². The summed E-state index contributed by atoms with van der Waals surface area (Å²) in [6.45, 7) is 22.0. The maximum atomic E-state index is 12.7. The van der Waals surface area contributed by atoms with Crippen molar-refractivity contribution in [2.75, 3.05) is 6.26 Å². The fourth-order valence-corrected chi connectivity index (χ4v) is 6.08. The van der Waals surface area contributed by atoms with E-state index in [1.54, 1.807) is 29.4 Å². The Labute approximate surface area is 306 Å². The Morgan fingerprint density at radius 3 is 1.73 bits per heavy atom. The van der Waals surface area contributed by atoms with Crippen LogP contribution in [-0.2, 0) is 9.84 Å². The molecule has 0 saturated carbocycles. The van der Waals surface area contributed by atoms with Gasteiger partial charge in [-0.2, -0.15) is 10.2 Å². The molecule has 0 unspecified atom stereocenters. The van der Waals surface area contributed by atoms with Gasteiger partial charge in [0.25, 0.3) is 5.56 Å². The number of nitrogens with zero attached hydrogens (tertiary/aromatic N) is 10. The molecule has 5 aromatic heterocycles. The largest absolute Gasteiger partial charge is 0.292 e. The van der Waals surface area contributed by atoms with Crippen molar-refractivity contribution in [2.24, 2.45) is 4.99 Å². The lowest BCUT2D eigenvalue weighted by molar-refractivity contribution is 0.532. The summed E-state index contributed by atoms with van der Waals surface area (Å²) in [6.07, 6.45) is 16.8. The number of aromatic nitrogens is 10. The Morgan fingerprint density at radius 2 is 1.35 bits per heavy atom. The summed E-state index contributed by atoms with van der Waals surface area (Å²) in [5, 5.41) is 8.56. The van der Waals surface area contributed by atoms with Crippen molar-refractivity contribution in [3.63, 3.8) is 0 Å². The summed E-state index contributed by atoms with van der Waals surface area (Å²) in [6, 6.07) is 0.479. The minimum Gasteiger partial charge on any atom is -0.292 e. The van der Waals surface area contributed by atoms with Gasteiger partial charge in [0.2, 0.25) is 20.9 Å². The van der Waals surface area contributed by atoms with Gasteiger partial charge in [-0.1, -0.05) is 33.8 Å². The highest BCUT2D eigenvalue weighted by atomic mass is 32.2. The van der Waals surface area contributed by atoms with Crippen molar-refractivity contribution < 1.29 is 8.42 Å². The number of imidazole rings is 1. The van der Waals surface area contributed by atoms with Crippen LogP contribution in [0.5, 0.6) is 0 Å². The lowest BCUT2D eigenvalue weighted by atomic mass is 9.97. The molecule has 0 aromatic carbocycles. The third kappa shape index (κ3) is 9.43. The van der Waals surface area contributed by atoms with E-state index in [4.69, 9.17) is 4.98 Å². The van der Waals surface area contributed by atoms with Crippen molar-refractivity contribution in [1.29, 1.82) is 0 Å². The lowest BCUT2D eigenvalue weighted by Crippen LogP contribution is -2.20. The monoisotopic (exact) mass is 729 g/mol. The molecule has 0 radical (unpaired) electrons.